The van der Waals surface area contributed by atoms with Crippen LogP contribution in [0.1, 0.15) is 24.0 Å². The lowest BCUT2D eigenvalue weighted by atomic mass is 10.0. The van der Waals surface area contributed by atoms with Gasteiger partial charge in [-0.25, -0.2) is 0 Å². The molecule has 0 aromatic heterocycles. The van der Waals surface area contributed by atoms with E-state index in [0.29, 0.717) is 5.92 Å². The largest absolute Gasteiger partial charge is 0.496 e. The van der Waals surface area contributed by atoms with E-state index in [4.69, 9.17) is 16.3 Å². The Bertz CT molecular complexity index is 542. The van der Waals surface area contributed by atoms with Crippen molar-refractivity contribution in [2.24, 2.45) is 0 Å². The SMILES string of the molecule is COc1ccc(Cl)cc1CNCC(C)c1ccccc1. The number of hydrogen-bond donors (Lipinski definition) is 1. The monoisotopic (exact) mass is 289 g/mol. The fourth-order valence-electron chi connectivity index (χ4n) is 2.21. The smallest absolute Gasteiger partial charge is 0.123 e. The first-order valence-corrected chi connectivity index (χ1v) is 7.16. The van der Waals surface area contributed by atoms with E-state index in [2.05, 4.69) is 36.5 Å². The van der Waals surface area contributed by atoms with E-state index in [1.165, 1.54) is 5.56 Å². The highest BCUT2D eigenvalue weighted by molar-refractivity contribution is 6.30. The molecule has 2 nitrogen and oxygen atoms in total. The summed E-state index contributed by atoms with van der Waals surface area (Å²) in [6, 6.07) is 16.2. The van der Waals surface area contributed by atoms with Gasteiger partial charge < -0.3 is 10.1 Å². The summed E-state index contributed by atoms with van der Waals surface area (Å²) in [4.78, 5) is 0. The summed E-state index contributed by atoms with van der Waals surface area (Å²) in [5, 5.41) is 4.20. The molecule has 1 N–H and O–H groups in total. The Morgan fingerprint density at radius 2 is 1.90 bits per heavy atom. The third-order valence-corrected chi connectivity index (χ3v) is 3.61. The van der Waals surface area contributed by atoms with Crippen molar-refractivity contribution in [1.29, 1.82) is 0 Å². The molecule has 0 bridgehead atoms. The van der Waals surface area contributed by atoms with Crippen molar-refractivity contribution in [3.63, 3.8) is 0 Å². The van der Waals surface area contributed by atoms with Crippen LogP contribution in [0.15, 0.2) is 48.5 Å². The molecule has 2 rings (SSSR count). The third kappa shape index (κ3) is 3.99. The molecule has 0 saturated carbocycles. The number of rotatable bonds is 6. The number of halogens is 1. The van der Waals surface area contributed by atoms with Crippen molar-refractivity contribution in [1.82, 2.24) is 5.32 Å². The predicted octanol–water partition coefficient (Wildman–Crippen LogP) is 4.24. The van der Waals surface area contributed by atoms with Gasteiger partial charge in [-0.15, -0.1) is 0 Å². The molecular formula is C17H20ClNO. The molecule has 0 heterocycles. The Morgan fingerprint density at radius 1 is 1.15 bits per heavy atom. The maximum Gasteiger partial charge on any atom is 0.123 e. The zero-order valence-electron chi connectivity index (χ0n) is 11.9. The molecular weight excluding hydrogens is 270 g/mol. The highest BCUT2D eigenvalue weighted by Crippen LogP contribution is 2.22. The molecule has 1 atom stereocenters. The van der Waals surface area contributed by atoms with Gasteiger partial charge in [0, 0.05) is 23.7 Å². The van der Waals surface area contributed by atoms with Crippen LogP contribution in [0.4, 0.5) is 0 Å². The normalized spacial score (nSPS) is 12.2. The fraction of sp³-hybridized carbons (Fsp3) is 0.294. The molecule has 2 aromatic carbocycles. The van der Waals surface area contributed by atoms with Gasteiger partial charge in [-0.3, -0.25) is 0 Å². The second-order valence-electron chi connectivity index (χ2n) is 4.90. The maximum absolute atomic E-state index is 6.03. The van der Waals surface area contributed by atoms with Gasteiger partial charge >= 0.3 is 0 Å². The molecule has 2 aromatic rings. The molecule has 0 amide bonds. The van der Waals surface area contributed by atoms with Gasteiger partial charge in [0.05, 0.1) is 7.11 Å². The van der Waals surface area contributed by atoms with Crippen LogP contribution < -0.4 is 10.1 Å². The molecule has 1 unspecified atom stereocenters. The zero-order valence-corrected chi connectivity index (χ0v) is 12.7. The molecule has 0 aliphatic carbocycles. The minimum absolute atomic E-state index is 0.473. The highest BCUT2D eigenvalue weighted by Gasteiger charge is 2.07. The van der Waals surface area contributed by atoms with Crippen molar-refractivity contribution >= 4 is 11.6 Å². The standard InChI is InChI=1S/C17H20ClNO/c1-13(14-6-4-3-5-7-14)11-19-12-15-10-16(18)8-9-17(15)20-2/h3-10,13,19H,11-12H2,1-2H3. The lowest BCUT2D eigenvalue weighted by Gasteiger charge is -2.14. The molecule has 0 fully saturated rings. The second kappa shape index (κ2) is 7.32. The summed E-state index contributed by atoms with van der Waals surface area (Å²) in [5.41, 5.74) is 2.43. The van der Waals surface area contributed by atoms with Gasteiger partial charge in [-0.2, -0.15) is 0 Å². The van der Waals surface area contributed by atoms with E-state index in [1.54, 1.807) is 7.11 Å². The van der Waals surface area contributed by atoms with Gasteiger partial charge in [-0.1, -0.05) is 48.9 Å². The number of benzene rings is 2. The lowest BCUT2D eigenvalue weighted by Crippen LogP contribution is -2.20. The third-order valence-electron chi connectivity index (χ3n) is 3.38. The van der Waals surface area contributed by atoms with Crippen molar-refractivity contribution < 1.29 is 4.74 Å². The molecule has 20 heavy (non-hydrogen) atoms. The van der Waals surface area contributed by atoms with Crippen LogP contribution in [0.3, 0.4) is 0 Å². The van der Waals surface area contributed by atoms with Gasteiger partial charge in [0.1, 0.15) is 5.75 Å². The Morgan fingerprint density at radius 3 is 2.60 bits per heavy atom. The zero-order chi connectivity index (χ0) is 14.4. The van der Waals surface area contributed by atoms with E-state index in [1.807, 2.05) is 24.3 Å². The summed E-state index contributed by atoms with van der Waals surface area (Å²) < 4.78 is 5.34. The average Bonchev–Trinajstić information content (AvgIpc) is 2.48. The quantitative estimate of drug-likeness (QED) is 0.859. The Hall–Kier alpha value is -1.51. The number of methoxy groups -OCH3 is 1. The van der Waals surface area contributed by atoms with Gasteiger partial charge in [-0.05, 0) is 29.7 Å². The minimum atomic E-state index is 0.473. The van der Waals surface area contributed by atoms with Crippen LogP contribution >= 0.6 is 11.6 Å². The molecule has 0 aliphatic rings. The van der Waals surface area contributed by atoms with Crippen LogP contribution in [-0.4, -0.2) is 13.7 Å². The number of ether oxygens (including phenoxy) is 1. The summed E-state index contributed by atoms with van der Waals surface area (Å²) in [7, 11) is 1.68. The summed E-state index contributed by atoms with van der Waals surface area (Å²) in [6.45, 7) is 3.89. The first-order chi connectivity index (χ1) is 9.70. The number of hydrogen-bond acceptors (Lipinski definition) is 2. The topological polar surface area (TPSA) is 21.3 Å². The minimum Gasteiger partial charge on any atom is -0.496 e. The summed E-state index contributed by atoms with van der Waals surface area (Å²) in [6.07, 6.45) is 0. The Balaban J connectivity index is 1.91. The Kier molecular flexibility index (Phi) is 5.45. The van der Waals surface area contributed by atoms with Gasteiger partial charge in [0.15, 0.2) is 0 Å². The van der Waals surface area contributed by atoms with E-state index < -0.39 is 0 Å². The Labute approximate surface area is 125 Å². The van der Waals surface area contributed by atoms with Crippen LogP contribution in [0, 0.1) is 0 Å². The van der Waals surface area contributed by atoms with E-state index in [0.717, 1.165) is 29.4 Å². The van der Waals surface area contributed by atoms with Crippen LogP contribution in [0.5, 0.6) is 5.75 Å². The summed E-state index contributed by atoms with van der Waals surface area (Å²) >= 11 is 6.03. The first kappa shape index (κ1) is 14.9. The second-order valence-corrected chi connectivity index (χ2v) is 5.34. The molecule has 0 aliphatic heterocycles. The van der Waals surface area contributed by atoms with Crippen LogP contribution in [0.2, 0.25) is 5.02 Å². The van der Waals surface area contributed by atoms with Crippen LogP contribution in [-0.2, 0) is 6.54 Å². The number of nitrogens with one attached hydrogen (secondary N) is 1. The first-order valence-electron chi connectivity index (χ1n) is 6.79. The van der Waals surface area contributed by atoms with E-state index >= 15 is 0 Å². The molecule has 0 radical (unpaired) electrons. The van der Waals surface area contributed by atoms with Crippen molar-refractivity contribution in [2.75, 3.05) is 13.7 Å². The maximum atomic E-state index is 6.03. The fourth-order valence-corrected chi connectivity index (χ4v) is 2.40. The highest BCUT2D eigenvalue weighted by atomic mass is 35.5. The van der Waals surface area contributed by atoms with Gasteiger partial charge in [0.25, 0.3) is 0 Å². The van der Waals surface area contributed by atoms with E-state index in [-0.39, 0.29) is 0 Å². The van der Waals surface area contributed by atoms with E-state index in [9.17, 15) is 0 Å². The van der Waals surface area contributed by atoms with Crippen molar-refractivity contribution in [3.05, 3.63) is 64.7 Å². The molecule has 106 valence electrons. The van der Waals surface area contributed by atoms with Gasteiger partial charge in [0.2, 0.25) is 0 Å². The molecule has 3 heteroatoms. The average molecular weight is 290 g/mol. The van der Waals surface area contributed by atoms with Crippen molar-refractivity contribution in [3.8, 4) is 5.75 Å². The molecule has 0 saturated heterocycles. The van der Waals surface area contributed by atoms with Crippen molar-refractivity contribution in [2.45, 2.75) is 19.4 Å². The predicted molar refractivity (Wildman–Crippen MR) is 84.6 cm³/mol. The van der Waals surface area contributed by atoms with Crippen LogP contribution in [0.25, 0.3) is 0 Å². The lowest BCUT2D eigenvalue weighted by molar-refractivity contribution is 0.407. The summed E-state index contributed by atoms with van der Waals surface area (Å²) in [5.74, 6) is 1.34. The molecule has 0 spiro atoms.